The molecule has 0 unspecified atom stereocenters. The molecule has 1 saturated carbocycles. The average molecular weight is 202 g/mol. The van der Waals surface area contributed by atoms with Gasteiger partial charge in [0.1, 0.15) is 0 Å². The van der Waals surface area contributed by atoms with Crippen LogP contribution in [0.1, 0.15) is 32.1 Å². The monoisotopic (exact) mass is 202 g/mol. The van der Waals surface area contributed by atoms with Gasteiger partial charge in [-0.15, -0.1) is 0 Å². The summed E-state index contributed by atoms with van der Waals surface area (Å²) in [6.45, 7) is 2.51. The predicted octanol–water partition coefficient (Wildman–Crippen LogP) is 2.85. The van der Waals surface area contributed by atoms with E-state index in [1.165, 1.54) is 50.9 Å². The first-order chi connectivity index (χ1) is 7.38. The Bertz CT molecular complexity index is 328. The molecule has 0 atom stereocenters. The molecule has 3 rings (SSSR count). The molecule has 2 heterocycles. The zero-order chi connectivity index (χ0) is 10.1. The molecule has 2 fully saturated rings. The summed E-state index contributed by atoms with van der Waals surface area (Å²) in [5, 5.41) is 0. The van der Waals surface area contributed by atoms with E-state index in [4.69, 9.17) is 0 Å². The minimum atomic E-state index is 0.670. The Morgan fingerprint density at radius 2 is 1.80 bits per heavy atom. The van der Waals surface area contributed by atoms with Crippen LogP contribution in [0.5, 0.6) is 0 Å². The second kappa shape index (κ2) is 3.51. The summed E-state index contributed by atoms with van der Waals surface area (Å²) in [6.07, 6.45) is 11.0. The van der Waals surface area contributed by atoms with E-state index < -0.39 is 0 Å². The van der Waals surface area contributed by atoms with Crippen LogP contribution >= 0.6 is 0 Å². The Balaban J connectivity index is 1.76. The van der Waals surface area contributed by atoms with Crippen molar-refractivity contribution in [1.29, 1.82) is 0 Å². The van der Waals surface area contributed by atoms with Crippen LogP contribution in [0.2, 0.25) is 0 Å². The number of rotatable bonds is 1. The summed E-state index contributed by atoms with van der Waals surface area (Å²) < 4.78 is 0. The number of nitrogens with zero attached hydrogens (tertiary/aromatic N) is 2. The van der Waals surface area contributed by atoms with Crippen LogP contribution in [0.25, 0.3) is 0 Å². The van der Waals surface area contributed by atoms with Crippen LogP contribution in [-0.4, -0.2) is 18.1 Å². The Morgan fingerprint density at radius 3 is 2.53 bits per heavy atom. The van der Waals surface area contributed by atoms with Gasteiger partial charge >= 0.3 is 0 Å². The van der Waals surface area contributed by atoms with Crippen molar-refractivity contribution in [2.24, 2.45) is 5.41 Å². The van der Waals surface area contributed by atoms with E-state index in [1.54, 1.807) is 0 Å². The maximum atomic E-state index is 4.08. The maximum absolute atomic E-state index is 4.08. The molecule has 1 aromatic heterocycles. The smallest absolute Gasteiger partial charge is 0.0397 e. The number of pyridine rings is 1. The fraction of sp³-hybridized carbons (Fsp3) is 0.615. The van der Waals surface area contributed by atoms with Gasteiger partial charge in [-0.05, 0) is 36.8 Å². The predicted molar refractivity (Wildman–Crippen MR) is 62.0 cm³/mol. The highest BCUT2D eigenvalue weighted by atomic mass is 15.2. The lowest BCUT2D eigenvalue weighted by atomic mass is 9.86. The van der Waals surface area contributed by atoms with E-state index in [0.717, 1.165) is 0 Å². The van der Waals surface area contributed by atoms with Gasteiger partial charge in [0.15, 0.2) is 0 Å². The third-order valence-electron chi connectivity index (χ3n) is 4.13. The van der Waals surface area contributed by atoms with Crippen molar-refractivity contribution < 1.29 is 0 Å². The molecule has 0 aromatic carbocycles. The number of anilines is 1. The molecule has 2 heteroatoms. The van der Waals surface area contributed by atoms with Crippen LogP contribution in [-0.2, 0) is 0 Å². The molecule has 1 saturated heterocycles. The summed E-state index contributed by atoms with van der Waals surface area (Å²) in [5.74, 6) is 0. The van der Waals surface area contributed by atoms with Crippen LogP contribution in [0.4, 0.5) is 5.69 Å². The van der Waals surface area contributed by atoms with E-state index in [0.29, 0.717) is 5.41 Å². The average Bonchev–Trinajstić information content (AvgIpc) is 2.91. The highest BCUT2D eigenvalue weighted by Gasteiger charge is 2.40. The van der Waals surface area contributed by atoms with Gasteiger partial charge in [0.25, 0.3) is 0 Å². The highest BCUT2D eigenvalue weighted by Crippen LogP contribution is 2.46. The number of hydrogen-bond acceptors (Lipinski definition) is 2. The molecule has 0 amide bonds. The molecule has 1 spiro atoms. The zero-order valence-electron chi connectivity index (χ0n) is 9.15. The first-order valence-electron chi connectivity index (χ1n) is 6.03. The molecule has 80 valence electrons. The van der Waals surface area contributed by atoms with E-state index in [-0.39, 0.29) is 0 Å². The van der Waals surface area contributed by atoms with Crippen LogP contribution in [0.15, 0.2) is 24.5 Å². The van der Waals surface area contributed by atoms with Gasteiger partial charge in [0.05, 0.1) is 0 Å². The lowest BCUT2D eigenvalue weighted by molar-refractivity contribution is 0.341. The van der Waals surface area contributed by atoms with E-state index >= 15 is 0 Å². The highest BCUT2D eigenvalue weighted by molar-refractivity contribution is 5.46. The largest absolute Gasteiger partial charge is 0.371 e. The van der Waals surface area contributed by atoms with Crippen molar-refractivity contribution in [3.8, 4) is 0 Å². The number of hydrogen-bond donors (Lipinski definition) is 0. The van der Waals surface area contributed by atoms with E-state index in [1.807, 2.05) is 12.4 Å². The molecule has 1 aliphatic carbocycles. The molecule has 2 aliphatic rings. The lowest BCUT2D eigenvalue weighted by Gasteiger charge is -2.24. The first-order valence-corrected chi connectivity index (χ1v) is 6.03. The Kier molecular flexibility index (Phi) is 2.15. The van der Waals surface area contributed by atoms with Crippen molar-refractivity contribution in [1.82, 2.24) is 4.98 Å². The van der Waals surface area contributed by atoms with Gasteiger partial charge < -0.3 is 4.90 Å². The maximum Gasteiger partial charge on any atom is 0.0397 e. The van der Waals surface area contributed by atoms with Crippen molar-refractivity contribution >= 4 is 5.69 Å². The minimum absolute atomic E-state index is 0.670. The second-order valence-corrected chi connectivity index (χ2v) is 5.08. The standard InChI is InChI=1S/C13H18N2/c1-2-6-13(5-1)7-10-15(11-13)12-3-8-14-9-4-12/h3-4,8-9H,1-2,5-7,10-11H2. The summed E-state index contributed by atoms with van der Waals surface area (Å²) in [5.41, 5.74) is 2.03. The summed E-state index contributed by atoms with van der Waals surface area (Å²) >= 11 is 0. The fourth-order valence-corrected chi connectivity index (χ4v) is 3.24. The molecule has 1 aliphatic heterocycles. The SMILES string of the molecule is c1cc(N2CCC3(CCCC3)C2)ccn1. The van der Waals surface area contributed by atoms with Crippen LogP contribution < -0.4 is 4.90 Å². The van der Waals surface area contributed by atoms with E-state index in [9.17, 15) is 0 Å². The molecule has 15 heavy (non-hydrogen) atoms. The summed E-state index contributed by atoms with van der Waals surface area (Å²) in [6, 6.07) is 4.27. The molecular weight excluding hydrogens is 184 g/mol. The van der Waals surface area contributed by atoms with Gasteiger partial charge in [-0.3, -0.25) is 4.98 Å². The normalized spacial score (nSPS) is 23.9. The van der Waals surface area contributed by atoms with E-state index in [2.05, 4.69) is 22.0 Å². The van der Waals surface area contributed by atoms with Gasteiger partial charge in [-0.25, -0.2) is 0 Å². The van der Waals surface area contributed by atoms with Crippen molar-refractivity contribution in [2.45, 2.75) is 32.1 Å². The molecule has 2 nitrogen and oxygen atoms in total. The van der Waals surface area contributed by atoms with Crippen molar-refractivity contribution in [3.05, 3.63) is 24.5 Å². The summed E-state index contributed by atoms with van der Waals surface area (Å²) in [7, 11) is 0. The molecule has 0 N–H and O–H groups in total. The van der Waals surface area contributed by atoms with Gasteiger partial charge in [0.2, 0.25) is 0 Å². The minimum Gasteiger partial charge on any atom is -0.371 e. The van der Waals surface area contributed by atoms with Gasteiger partial charge in [-0.2, -0.15) is 0 Å². The first kappa shape index (κ1) is 9.20. The van der Waals surface area contributed by atoms with Gasteiger partial charge in [0, 0.05) is 31.2 Å². The van der Waals surface area contributed by atoms with Crippen molar-refractivity contribution in [2.75, 3.05) is 18.0 Å². The quantitative estimate of drug-likeness (QED) is 0.696. The van der Waals surface area contributed by atoms with Crippen LogP contribution in [0, 0.1) is 5.41 Å². The summed E-state index contributed by atoms with van der Waals surface area (Å²) in [4.78, 5) is 6.61. The second-order valence-electron chi connectivity index (χ2n) is 5.08. The molecular formula is C13H18N2. The Labute approximate surface area is 91.3 Å². The lowest BCUT2D eigenvalue weighted by Crippen LogP contribution is -2.24. The molecule has 0 radical (unpaired) electrons. The molecule has 1 aromatic rings. The topological polar surface area (TPSA) is 16.1 Å². The third-order valence-corrected chi connectivity index (χ3v) is 4.13. The Hall–Kier alpha value is -1.05. The molecule has 0 bridgehead atoms. The number of aromatic nitrogens is 1. The van der Waals surface area contributed by atoms with Gasteiger partial charge in [-0.1, -0.05) is 12.8 Å². The Morgan fingerprint density at radius 1 is 1.07 bits per heavy atom. The fourth-order valence-electron chi connectivity index (χ4n) is 3.24. The third kappa shape index (κ3) is 1.62. The zero-order valence-corrected chi connectivity index (χ0v) is 9.15. The van der Waals surface area contributed by atoms with Crippen LogP contribution in [0.3, 0.4) is 0 Å². The van der Waals surface area contributed by atoms with Crippen molar-refractivity contribution in [3.63, 3.8) is 0 Å².